The summed E-state index contributed by atoms with van der Waals surface area (Å²) in [6, 6.07) is 10.1. The Kier molecular flexibility index (Phi) is 9.27. The van der Waals surface area contributed by atoms with Gasteiger partial charge in [0.2, 0.25) is 0 Å². The number of pyridine rings is 1. The van der Waals surface area contributed by atoms with Crippen molar-refractivity contribution in [3.05, 3.63) is 63.2 Å². The van der Waals surface area contributed by atoms with Gasteiger partial charge < -0.3 is 15.1 Å². The number of nitriles is 1. The number of halogens is 1. The number of aryl methyl sites for hydroxylation is 1. The Balaban J connectivity index is 1.65. The molecule has 12 heteroatoms. The lowest BCUT2D eigenvalue weighted by molar-refractivity contribution is 0.0990. The second kappa shape index (κ2) is 12.0. The van der Waals surface area contributed by atoms with Crippen molar-refractivity contribution >= 4 is 60.3 Å². The number of nitrogens with one attached hydrogen (secondary N) is 2. The molecule has 2 N–H and O–H groups in total. The van der Waals surface area contributed by atoms with Crippen LogP contribution < -0.4 is 15.5 Å². The van der Waals surface area contributed by atoms with Gasteiger partial charge in [-0.2, -0.15) is 5.26 Å². The van der Waals surface area contributed by atoms with Crippen LogP contribution in [-0.2, 0) is 4.43 Å². The first-order valence-electron chi connectivity index (χ1n) is 11.9. The van der Waals surface area contributed by atoms with E-state index in [1.54, 1.807) is 48.2 Å². The normalized spacial score (nSPS) is 11.5. The lowest BCUT2D eigenvalue weighted by Gasteiger charge is -2.36. The molecule has 0 fully saturated rings. The second-order valence-electron chi connectivity index (χ2n) is 10.1. The quantitative estimate of drug-likeness (QED) is 0.175. The Labute approximate surface area is 233 Å². The van der Waals surface area contributed by atoms with Crippen molar-refractivity contribution in [2.45, 2.75) is 45.8 Å². The number of hydrogen-bond donors (Lipinski definition) is 2. The van der Waals surface area contributed by atoms with Crippen LogP contribution in [0.5, 0.6) is 0 Å². The number of carbonyl (C=O) groups is 2. The van der Waals surface area contributed by atoms with E-state index in [0.29, 0.717) is 40.4 Å². The van der Waals surface area contributed by atoms with Gasteiger partial charge in [-0.3, -0.25) is 14.5 Å². The van der Waals surface area contributed by atoms with Crippen molar-refractivity contribution in [3.8, 4) is 6.19 Å². The number of aromatic nitrogens is 2. The average molecular weight is 571 g/mol. The Morgan fingerprint density at radius 1 is 1.13 bits per heavy atom. The Hall–Kier alpha value is -3.30. The molecule has 0 saturated heterocycles. The third-order valence-corrected chi connectivity index (χ3v) is 12.0. The predicted molar refractivity (Wildman–Crippen MR) is 155 cm³/mol. The lowest BCUT2D eigenvalue weighted by atomic mass is 10.2. The van der Waals surface area contributed by atoms with Gasteiger partial charge in [0.1, 0.15) is 10.7 Å². The molecular formula is C26H31ClN6O3SSi. The van der Waals surface area contributed by atoms with Gasteiger partial charge in [-0.1, -0.05) is 32.4 Å². The van der Waals surface area contributed by atoms with Gasteiger partial charge >= 0.3 is 0 Å². The molecule has 0 unspecified atom stereocenters. The zero-order valence-electron chi connectivity index (χ0n) is 22.3. The highest BCUT2D eigenvalue weighted by Crippen LogP contribution is 2.36. The van der Waals surface area contributed by atoms with E-state index in [2.05, 4.69) is 60.7 Å². The molecule has 2 heterocycles. The summed E-state index contributed by atoms with van der Waals surface area (Å²) in [5.74, 6) is -0.713. The van der Waals surface area contributed by atoms with Crippen LogP contribution in [0.1, 0.15) is 45.9 Å². The van der Waals surface area contributed by atoms with E-state index in [0.717, 1.165) is 11.3 Å². The SMILES string of the molecule is Cc1nc(C(=O)Nc2ccc(Cl)cn2)c(C(=O)Nc2ccc(N(C#N)CCO[Si](C)(C)C(C)(C)C)cc2)s1. The van der Waals surface area contributed by atoms with Gasteiger partial charge in [0.05, 0.1) is 28.9 Å². The number of anilines is 3. The molecule has 0 aliphatic heterocycles. The van der Waals surface area contributed by atoms with Crippen molar-refractivity contribution in [1.29, 1.82) is 5.26 Å². The summed E-state index contributed by atoms with van der Waals surface area (Å²) in [6.45, 7) is 13.5. The van der Waals surface area contributed by atoms with E-state index in [-0.39, 0.29) is 15.6 Å². The molecule has 3 aromatic rings. The maximum absolute atomic E-state index is 13.0. The van der Waals surface area contributed by atoms with Gasteiger partial charge in [-0.05, 0) is 61.5 Å². The number of benzene rings is 1. The highest BCUT2D eigenvalue weighted by atomic mass is 35.5. The third kappa shape index (κ3) is 7.38. The van der Waals surface area contributed by atoms with Crippen LogP contribution in [0.15, 0.2) is 42.6 Å². The zero-order chi connectivity index (χ0) is 28.1. The van der Waals surface area contributed by atoms with E-state index in [1.807, 2.05) is 0 Å². The van der Waals surface area contributed by atoms with Gasteiger partial charge in [-0.15, -0.1) is 11.3 Å². The fourth-order valence-electron chi connectivity index (χ4n) is 3.12. The molecule has 0 bridgehead atoms. The molecule has 0 aliphatic carbocycles. The van der Waals surface area contributed by atoms with E-state index >= 15 is 0 Å². The number of amides is 2. The maximum atomic E-state index is 13.0. The summed E-state index contributed by atoms with van der Waals surface area (Å²) in [5, 5.41) is 16.2. The summed E-state index contributed by atoms with van der Waals surface area (Å²) < 4.78 is 6.19. The molecule has 38 heavy (non-hydrogen) atoms. The Morgan fingerprint density at radius 3 is 2.39 bits per heavy atom. The van der Waals surface area contributed by atoms with Crippen LogP contribution in [0.3, 0.4) is 0 Å². The number of hydrogen-bond acceptors (Lipinski definition) is 8. The number of carbonyl (C=O) groups excluding carboxylic acids is 2. The number of nitrogens with zero attached hydrogens (tertiary/aromatic N) is 4. The molecule has 0 atom stereocenters. The summed E-state index contributed by atoms with van der Waals surface area (Å²) in [6.07, 6.45) is 3.61. The van der Waals surface area contributed by atoms with Crippen LogP contribution in [0.4, 0.5) is 17.2 Å². The van der Waals surface area contributed by atoms with Crippen LogP contribution in [0.25, 0.3) is 0 Å². The number of thiazole rings is 1. The first kappa shape index (κ1) is 29.3. The lowest BCUT2D eigenvalue weighted by Crippen LogP contribution is -2.42. The summed E-state index contributed by atoms with van der Waals surface area (Å²) in [4.78, 5) is 35.8. The van der Waals surface area contributed by atoms with Gasteiger partial charge in [0.25, 0.3) is 11.8 Å². The molecule has 0 saturated carbocycles. The standard InChI is InChI=1S/C26H31ClN6O3SSi/c1-17-30-22(24(34)32-21-12-7-18(27)15-29-21)23(37-17)25(35)31-19-8-10-20(11-9-19)33(16-28)13-14-36-38(5,6)26(2,3)4/h7-12,15H,13-14H2,1-6H3,(H,31,35)(H,29,32,34). The minimum atomic E-state index is -1.91. The molecule has 9 nitrogen and oxygen atoms in total. The van der Waals surface area contributed by atoms with E-state index in [4.69, 9.17) is 16.0 Å². The van der Waals surface area contributed by atoms with Crippen molar-refractivity contribution in [2.75, 3.05) is 28.7 Å². The molecule has 0 spiro atoms. The topological polar surface area (TPSA) is 120 Å². The average Bonchev–Trinajstić information content (AvgIpc) is 3.25. The molecule has 0 radical (unpaired) electrons. The zero-order valence-corrected chi connectivity index (χ0v) is 24.8. The van der Waals surface area contributed by atoms with Crippen molar-refractivity contribution in [2.24, 2.45) is 0 Å². The summed E-state index contributed by atoms with van der Waals surface area (Å²) in [7, 11) is -1.91. The third-order valence-electron chi connectivity index (χ3n) is 6.27. The van der Waals surface area contributed by atoms with Gasteiger partial charge in [0, 0.05) is 11.9 Å². The fraction of sp³-hybridized carbons (Fsp3) is 0.346. The van der Waals surface area contributed by atoms with E-state index < -0.39 is 20.1 Å². The molecule has 3 rings (SSSR count). The first-order valence-corrected chi connectivity index (χ1v) is 16.0. The monoisotopic (exact) mass is 570 g/mol. The van der Waals surface area contributed by atoms with E-state index in [9.17, 15) is 14.9 Å². The van der Waals surface area contributed by atoms with Crippen molar-refractivity contribution < 1.29 is 14.0 Å². The van der Waals surface area contributed by atoms with Crippen LogP contribution in [0.2, 0.25) is 23.2 Å². The molecule has 1 aromatic carbocycles. The fourth-order valence-corrected chi connectivity index (χ4v) is 5.08. The summed E-state index contributed by atoms with van der Waals surface area (Å²) in [5.41, 5.74) is 1.22. The predicted octanol–water partition coefficient (Wildman–Crippen LogP) is 6.31. The van der Waals surface area contributed by atoms with Crippen LogP contribution in [-0.4, -0.2) is 43.3 Å². The molecule has 2 amide bonds. The Bertz CT molecular complexity index is 1330. The Morgan fingerprint density at radius 2 is 1.82 bits per heavy atom. The molecule has 0 aliphatic rings. The highest BCUT2D eigenvalue weighted by molar-refractivity contribution is 7.14. The minimum Gasteiger partial charge on any atom is -0.415 e. The second-order valence-corrected chi connectivity index (χ2v) is 16.5. The molecular weight excluding hydrogens is 540 g/mol. The van der Waals surface area contributed by atoms with Gasteiger partial charge in [0.15, 0.2) is 20.2 Å². The van der Waals surface area contributed by atoms with Crippen molar-refractivity contribution in [1.82, 2.24) is 9.97 Å². The first-order chi connectivity index (χ1) is 17.8. The smallest absolute Gasteiger partial charge is 0.277 e. The largest absolute Gasteiger partial charge is 0.415 e. The number of rotatable bonds is 9. The maximum Gasteiger partial charge on any atom is 0.277 e. The van der Waals surface area contributed by atoms with Crippen LogP contribution in [0, 0.1) is 18.4 Å². The highest BCUT2D eigenvalue weighted by Gasteiger charge is 2.37. The molecule has 200 valence electrons. The van der Waals surface area contributed by atoms with Gasteiger partial charge in [-0.25, -0.2) is 9.97 Å². The summed E-state index contributed by atoms with van der Waals surface area (Å²) >= 11 is 6.96. The van der Waals surface area contributed by atoms with E-state index in [1.165, 1.54) is 6.20 Å². The molecule has 2 aromatic heterocycles. The minimum absolute atomic E-state index is 0.00996. The van der Waals surface area contributed by atoms with Crippen LogP contribution >= 0.6 is 22.9 Å². The van der Waals surface area contributed by atoms with Crippen molar-refractivity contribution in [3.63, 3.8) is 0 Å².